The van der Waals surface area contributed by atoms with E-state index in [2.05, 4.69) is 18.2 Å². The molecular formula is C15H21NO. The molecule has 0 atom stereocenters. The predicted octanol–water partition coefficient (Wildman–Crippen LogP) is 2.23. The summed E-state index contributed by atoms with van der Waals surface area (Å²) in [6.07, 6.45) is 6.82. The standard InChI is InChI=1S/C15H21NO/c16-15(6-8-17-9-7-15)11-12-4-5-13-2-1-3-14(13)10-12/h4-5,10H,1-3,6-9,11,16H2. The molecule has 0 bridgehead atoms. The lowest BCUT2D eigenvalue weighted by atomic mass is 9.84. The van der Waals surface area contributed by atoms with Crippen molar-refractivity contribution in [2.24, 2.45) is 5.73 Å². The molecule has 0 radical (unpaired) electrons. The molecule has 1 fully saturated rings. The van der Waals surface area contributed by atoms with Crippen LogP contribution in [0.25, 0.3) is 0 Å². The number of aryl methyl sites for hydroxylation is 2. The summed E-state index contributed by atoms with van der Waals surface area (Å²) in [5.41, 5.74) is 10.9. The SMILES string of the molecule is NC1(Cc2ccc3c(c2)CCC3)CCOCC1. The third kappa shape index (κ3) is 2.38. The van der Waals surface area contributed by atoms with Crippen LogP contribution in [0, 0.1) is 0 Å². The van der Waals surface area contributed by atoms with Crippen LogP contribution in [0.2, 0.25) is 0 Å². The first-order chi connectivity index (χ1) is 8.25. The molecule has 0 saturated carbocycles. The van der Waals surface area contributed by atoms with Gasteiger partial charge in [-0.15, -0.1) is 0 Å². The Bertz CT molecular complexity index is 407. The average molecular weight is 231 g/mol. The fraction of sp³-hybridized carbons (Fsp3) is 0.600. The quantitative estimate of drug-likeness (QED) is 0.847. The summed E-state index contributed by atoms with van der Waals surface area (Å²) < 4.78 is 5.40. The van der Waals surface area contributed by atoms with E-state index >= 15 is 0 Å². The largest absolute Gasteiger partial charge is 0.381 e. The van der Waals surface area contributed by atoms with Crippen LogP contribution >= 0.6 is 0 Å². The van der Waals surface area contributed by atoms with E-state index < -0.39 is 0 Å². The lowest BCUT2D eigenvalue weighted by Crippen LogP contribution is -2.46. The molecule has 1 aliphatic heterocycles. The van der Waals surface area contributed by atoms with Crippen molar-refractivity contribution in [3.8, 4) is 0 Å². The maximum atomic E-state index is 6.46. The number of benzene rings is 1. The highest BCUT2D eigenvalue weighted by Crippen LogP contribution is 2.27. The summed E-state index contributed by atoms with van der Waals surface area (Å²) in [6.45, 7) is 1.64. The number of nitrogens with two attached hydrogens (primary N) is 1. The molecule has 1 aromatic rings. The van der Waals surface area contributed by atoms with E-state index in [1.165, 1.54) is 24.8 Å². The van der Waals surface area contributed by atoms with E-state index in [4.69, 9.17) is 10.5 Å². The topological polar surface area (TPSA) is 35.2 Å². The van der Waals surface area contributed by atoms with Gasteiger partial charge in [0.05, 0.1) is 0 Å². The molecule has 2 N–H and O–H groups in total. The summed E-state index contributed by atoms with van der Waals surface area (Å²) in [7, 11) is 0. The van der Waals surface area contributed by atoms with Crippen LogP contribution in [-0.4, -0.2) is 18.8 Å². The van der Waals surface area contributed by atoms with Crippen molar-refractivity contribution in [1.29, 1.82) is 0 Å². The van der Waals surface area contributed by atoms with Gasteiger partial charge in [-0.05, 0) is 55.2 Å². The third-order valence-electron chi connectivity index (χ3n) is 4.21. The number of hydrogen-bond acceptors (Lipinski definition) is 2. The molecule has 1 aromatic carbocycles. The Kier molecular flexibility index (Phi) is 2.93. The Balaban J connectivity index is 1.76. The molecule has 0 spiro atoms. The summed E-state index contributed by atoms with van der Waals surface area (Å²) in [5, 5.41) is 0. The molecule has 2 heteroatoms. The van der Waals surface area contributed by atoms with Crippen LogP contribution in [0.4, 0.5) is 0 Å². The van der Waals surface area contributed by atoms with Crippen molar-refractivity contribution < 1.29 is 4.74 Å². The van der Waals surface area contributed by atoms with Gasteiger partial charge in [0, 0.05) is 18.8 Å². The molecule has 17 heavy (non-hydrogen) atoms. The molecular weight excluding hydrogens is 210 g/mol. The van der Waals surface area contributed by atoms with E-state index in [0.29, 0.717) is 0 Å². The van der Waals surface area contributed by atoms with Gasteiger partial charge in [-0.25, -0.2) is 0 Å². The fourth-order valence-electron chi connectivity index (χ4n) is 3.10. The van der Waals surface area contributed by atoms with Gasteiger partial charge in [-0.1, -0.05) is 18.2 Å². The molecule has 1 aliphatic carbocycles. The van der Waals surface area contributed by atoms with Gasteiger partial charge in [-0.3, -0.25) is 0 Å². The van der Waals surface area contributed by atoms with Crippen LogP contribution in [0.3, 0.4) is 0 Å². The van der Waals surface area contributed by atoms with Gasteiger partial charge in [0.1, 0.15) is 0 Å². The van der Waals surface area contributed by atoms with Gasteiger partial charge in [0.15, 0.2) is 0 Å². The first-order valence-corrected chi connectivity index (χ1v) is 6.73. The highest BCUT2D eigenvalue weighted by molar-refractivity contribution is 5.36. The second-order valence-corrected chi connectivity index (χ2v) is 5.61. The Morgan fingerprint density at radius 3 is 2.71 bits per heavy atom. The normalized spacial score (nSPS) is 22.4. The molecule has 2 nitrogen and oxygen atoms in total. The first-order valence-electron chi connectivity index (χ1n) is 6.73. The molecule has 1 saturated heterocycles. The summed E-state index contributed by atoms with van der Waals surface area (Å²) >= 11 is 0. The summed E-state index contributed by atoms with van der Waals surface area (Å²) in [5.74, 6) is 0. The predicted molar refractivity (Wildman–Crippen MR) is 69.1 cm³/mol. The minimum atomic E-state index is -0.0366. The van der Waals surface area contributed by atoms with Gasteiger partial charge in [-0.2, -0.15) is 0 Å². The van der Waals surface area contributed by atoms with Crippen molar-refractivity contribution in [2.75, 3.05) is 13.2 Å². The van der Waals surface area contributed by atoms with E-state index in [9.17, 15) is 0 Å². The van der Waals surface area contributed by atoms with E-state index in [1.807, 2.05) is 0 Å². The van der Waals surface area contributed by atoms with Crippen LogP contribution in [0.1, 0.15) is 36.0 Å². The lowest BCUT2D eigenvalue weighted by molar-refractivity contribution is 0.0533. The Hall–Kier alpha value is -0.860. The zero-order valence-corrected chi connectivity index (χ0v) is 10.4. The van der Waals surface area contributed by atoms with Crippen LogP contribution < -0.4 is 5.73 Å². The minimum absolute atomic E-state index is 0.0366. The van der Waals surface area contributed by atoms with Gasteiger partial charge in [0.2, 0.25) is 0 Å². The van der Waals surface area contributed by atoms with Crippen molar-refractivity contribution >= 4 is 0 Å². The fourth-order valence-corrected chi connectivity index (χ4v) is 3.10. The second kappa shape index (κ2) is 4.43. The monoisotopic (exact) mass is 231 g/mol. The minimum Gasteiger partial charge on any atom is -0.381 e. The molecule has 0 aromatic heterocycles. The highest BCUT2D eigenvalue weighted by Gasteiger charge is 2.28. The first kappa shape index (κ1) is 11.2. The van der Waals surface area contributed by atoms with Crippen molar-refractivity contribution in [3.05, 3.63) is 34.9 Å². The van der Waals surface area contributed by atoms with Gasteiger partial charge >= 0.3 is 0 Å². The molecule has 0 amide bonds. The summed E-state index contributed by atoms with van der Waals surface area (Å²) in [6, 6.07) is 6.96. The van der Waals surface area contributed by atoms with E-state index in [0.717, 1.165) is 32.5 Å². The molecule has 2 aliphatic rings. The number of rotatable bonds is 2. The van der Waals surface area contributed by atoms with Crippen molar-refractivity contribution in [3.63, 3.8) is 0 Å². The van der Waals surface area contributed by atoms with E-state index in [-0.39, 0.29) is 5.54 Å². The second-order valence-electron chi connectivity index (χ2n) is 5.61. The molecule has 1 heterocycles. The summed E-state index contributed by atoms with van der Waals surface area (Å²) in [4.78, 5) is 0. The van der Waals surface area contributed by atoms with Gasteiger partial charge < -0.3 is 10.5 Å². The Morgan fingerprint density at radius 1 is 1.12 bits per heavy atom. The number of ether oxygens (including phenoxy) is 1. The maximum absolute atomic E-state index is 6.46. The smallest absolute Gasteiger partial charge is 0.0483 e. The van der Waals surface area contributed by atoms with Crippen LogP contribution in [-0.2, 0) is 24.0 Å². The van der Waals surface area contributed by atoms with Crippen molar-refractivity contribution in [1.82, 2.24) is 0 Å². The maximum Gasteiger partial charge on any atom is 0.0483 e. The third-order valence-corrected chi connectivity index (χ3v) is 4.21. The number of fused-ring (bicyclic) bond motifs is 1. The molecule has 0 unspecified atom stereocenters. The zero-order valence-electron chi connectivity index (χ0n) is 10.4. The molecule has 3 rings (SSSR count). The molecule has 92 valence electrons. The highest BCUT2D eigenvalue weighted by atomic mass is 16.5. The van der Waals surface area contributed by atoms with Crippen LogP contribution in [0.5, 0.6) is 0 Å². The Labute approximate surface area is 103 Å². The Morgan fingerprint density at radius 2 is 1.88 bits per heavy atom. The van der Waals surface area contributed by atoms with E-state index in [1.54, 1.807) is 11.1 Å². The van der Waals surface area contributed by atoms with Crippen molar-refractivity contribution in [2.45, 2.75) is 44.1 Å². The lowest BCUT2D eigenvalue weighted by Gasteiger charge is -2.33. The van der Waals surface area contributed by atoms with Crippen LogP contribution in [0.15, 0.2) is 18.2 Å². The van der Waals surface area contributed by atoms with Gasteiger partial charge in [0.25, 0.3) is 0 Å². The average Bonchev–Trinajstić information content (AvgIpc) is 2.76. The number of hydrogen-bond donors (Lipinski definition) is 1. The zero-order chi connectivity index (χ0) is 11.7.